The molecule has 0 saturated heterocycles. The van der Waals surface area contributed by atoms with Crippen molar-refractivity contribution in [1.82, 2.24) is 4.42 Å². The van der Waals surface area contributed by atoms with Crippen LogP contribution in [0.1, 0.15) is 6.92 Å². The first-order chi connectivity index (χ1) is 6.14. The van der Waals surface area contributed by atoms with E-state index < -0.39 is 14.7 Å². The van der Waals surface area contributed by atoms with Crippen molar-refractivity contribution < 1.29 is 0 Å². The quantitative estimate of drug-likeness (QED) is 0.347. The van der Waals surface area contributed by atoms with Crippen molar-refractivity contribution >= 4 is 81.4 Å². The smallest absolute Gasteiger partial charge is 0.177 e. The predicted molar refractivity (Wildman–Crippen MR) is 64.8 cm³/mol. The average molecular weight is 338 g/mol. The number of allylic oxidation sites excluding steroid dienone is 1. The minimum absolute atomic E-state index is 0.0164. The van der Waals surface area contributed by atoms with E-state index in [2.05, 4.69) is 0 Å². The molecule has 0 bridgehead atoms. The van der Waals surface area contributed by atoms with Crippen LogP contribution in [0.5, 0.6) is 0 Å². The molecule has 14 heavy (non-hydrogen) atoms. The molecule has 2 unspecified atom stereocenters. The molecule has 0 N–H and O–H groups in total. The first-order valence-corrected chi connectivity index (χ1v) is 6.02. The maximum Gasteiger partial charge on any atom is 0.177 e. The average Bonchev–Trinajstić information content (AvgIpc) is 2.10. The molecule has 1 nitrogen and oxygen atoms in total. The van der Waals surface area contributed by atoms with Crippen molar-refractivity contribution in [2.45, 2.75) is 21.6 Å². The molecule has 0 aromatic rings. The van der Waals surface area contributed by atoms with E-state index in [9.17, 15) is 0 Å². The Morgan fingerprint density at radius 3 is 2.07 bits per heavy atom. The van der Waals surface area contributed by atoms with Crippen LogP contribution in [0.25, 0.3) is 0 Å². The van der Waals surface area contributed by atoms with Crippen molar-refractivity contribution in [3.8, 4) is 0 Å². The number of halogens is 7. The summed E-state index contributed by atoms with van der Waals surface area (Å²) in [4.78, 5) is -1.35. The van der Waals surface area contributed by atoms with Gasteiger partial charge in [0.05, 0.1) is 5.03 Å². The van der Waals surface area contributed by atoms with E-state index in [-0.39, 0.29) is 10.2 Å². The van der Waals surface area contributed by atoms with Crippen LogP contribution >= 0.6 is 81.4 Å². The molecular formula is C6H4Cl7N. The van der Waals surface area contributed by atoms with Crippen LogP contribution < -0.4 is 0 Å². The Labute approximate surface area is 117 Å². The summed E-state index contributed by atoms with van der Waals surface area (Å²) in [6.45, 7) is 1.49. The highest BCUT2D eigenvalue weighted by atomic mass is 35.5. The Morgan fingerprint density at radius 1 is 1.21 bits per heavy atom. The van der Waals surface area contributed by atoms with Gasteiger partial charge in [-0.05, 0) is 6.92 Å². The van der Waals surface area contributed by atoms with Crippen LogP contribution in [-0.2, 0) is 0 Å². The summed E-state index contributed by atoms with van der Waals surface area (Å²) in [7, 11) is 0. The summed E-state index contributed by atoms with van der Waals surface area (Å²) in [6.07, 6.45) is 0. The summed E-state index contributed by atoms with van der Waals surface area (Å²) in [5.41, 5.74) is 0. The van der Waals surface area contributed by atoms with E-state index in [0.717, 1.165) is 4.42 Å². The van der Waals surface area contributed by atoms with Crippen molar-refractivity contribution in [1.29, 1.82) is 0 Å². The third-order valence-electron chi connectivity index (χ3n) is 1.89. The maximum atomic E-state index is 6.04. The minimum atomic E-state index is -1.55. The summed E-state index contributed by atoms with van der Waals surface area (Å²) < 4.78 is -0.593. The molecule has 1 aliphatic heterocycles. The second-order valence-electron chi connectivity index (χ2n) is 2.86. The molecule has 0 radical (unpaired) electrons. The lowest BCUT2D eigenvalue weighted by atomic mass is 10.1. The van der Waals surface area contributed by atoms with Gasteiger partial charge in [0, 0.05) is 11.8 Å². The first kappa shape index (κ1) is 13.6. The Bertz CT molecular complexity index is 256. The fourth-order valence-electron chi connectivity index (χ4n) is 0.904. The fourth-order valence-corrected chi connectivity index (χ4v) is 2.95. The fraction of sp³-hybridized carbons (Fsp3) is 0.667. The number of hydrogen-bond acceptors (Lipinski definition) is 1. The molecule has 0 spiro atoms. The lowest BCUT2D eigenvalue weighted by molar-refractivity contribution is 0.332. The van der Waals surface area contributed by atoms with Crippen LogP contribution in [0.4, 0.5) is 0 Å². The summed E-state index contributed by atoms with van der Waals surface area (Å²) in [5.74, 6) is 0. The molecule has 0 aliphatic carbocycles. The van der Waals surface area contributed by atoms with Crippen LogP contribution in [0.2, 0.25) is 0 Å². The molecule has 1 aliphatic rings. The van der Waals surface area contributed by atoms with E-state index in [0.29, 0.717) is 0 Å². The van der Waals surface area contributed by atoms with Crippen molar-refractivity contribution in [2.75, 3.05) is 0 Å². The van der Waals surface area contributed by atoms with Gasteiger partial charge in [-0.2, -0.15) is 0 Å². The van der Waals surface area contributed by atoms with E-state index >= 15 is 0 Å². The highest BCUT2D eigenvalue weighted by molar-refractivity contribution is 6.60. The van der Waals surface area contributed by atoms with Crippen molar-refractivity contribution in [2.24, 2.45) is 0 Å². The molecule has 82 valence electrons. The van der Waals surface area contributed by atoms with Crippen LogP contribution in [0, 0.1) is 0 Å². The van der Waals surface area contributed by atoms with Crippen molar-refractivity contribution in [3.05, 3.63) is 10.2 Å². The van der Waals surface area contributed by atoms with Gasteiger partial charge in [-0.15, -0.1) is 11.6 Å². The monoisotopic (exact) mass is 335 g/mol. The van der Waals surface area contributed by atoms with E-state index in [1.165, 1.54) is 6.92 Å². The summed E-state index contributed by atoms with van der Waals surface area (Å²) in [5, 5.41) is -0.841. The zero-order valence-electron chi connectivity index (χ0n) is 6.67. The van der Waals surface area contributed by atoms with E-state index in [1.54, 1.807) is 0 Å². The van der Waals surface area contributed by atoms with E-state index in [4.69, 9.17) is 81.4 Å². The molecule has 0 fully saturated rings. The van der Waals surface area contributed by atoms with Gasteiger partial charge in [-0.1, -0.05) is 58.0 Å². The van der Waals surface area contributed by atoms with Gasteiger partial charge in [0.25, 0.3) is 0 Å². The highest BCUT2D eigenvalue weighted by Gasteiger charge is 2.58. The Hall–Kier alpha value is 1.57. The van der Waals surface area contributed by atoms with Gasteiger partial charge in [0.15, 0.2) is 9.33 Å². The van der Waals surface area contributed by atoms with Gasteiger partial charge in [-0.3, -0.25) is 0 Å². The molecule has 0 amide bonds. The topological polar surface area (TPSA) is 3.24 Å². The standard InChI is InChI=1S/C6H4Cl7N/c1-5(10)6(11,12)3(8)2(7)4(9)14(5)13/h3H,1H3. The molecule has 0 aromatic heterocycles. The third-order valence-corrected chi connectivity index (χ3v) is 6.15. The normalized spacial score (nSPS) is 37.7. The molecule has 8 heteroatoms. The molecule has 1 rings (SSSR count). The van der Waals surface area contributed by atoms with Gasteiger partial charge in [0.1, 0.15) is 10.5 Å². The van der Waals surface area contributed by atoms with E-state index in [1.807, 2.05) is 0 Å². The highest BCUT2D eigenvalue weighted by Crippen LogP contribution is 2.55. The van der Waals surface area contributed by atoms with Crippen LogP contribution in [0.15, 0.2) is 10.2 Å². The van der Waals surface area contributed by atoms with Gasteiger partial charge in [0.2, 0.25) is 0 Å². The number of nitrogens with zero attached hydrogens (tertiary/aromatic N) is 1. The summed E-state index contributed by atoms with van der Waals surface area (Å²) >= 11 is 41.2. The third kappa shape index (κ3) is 1.79. The molecule has 1 heterocycles. The molecular weight excluding hydrogens is 334 g/mol. The SMILES string of the molecule is CC1(Cl)N(Cl)C(Cl)=C(Cl)C(Cl)C1(Cl)Cl. The zero-order chi connectivity index (χ0) is 11.3. The minimum Gasteiger partial charge on any atom is -0.250 e. The first-order valence-electron chi connectivity index (χ1n) is 3.36. The Balaban J connectivity index is 3.31. The number of alkyl halides is 4. The second kappa shape index (κ2) is 4.10. The Morgan fingerprint density at radius 2 is 1.64 bits per heavy atom. The zero-order valence-corrected chi connectivity index (χ0v) is 12.0. The number of hydrogen-bond donors (Lipinski definition) is 0. The molecule has 2 atom stereocenters. The Kier molecular flexibility index (Phi) is 4.00. The lowest BCUT2D eigenvalue weighted by Gasteiger charge is -2.46. The van der Waals surface area contributed by atoms with Crippen LogP contribution in [0.3, 0.4) is 0 Å². The molecule has 0 saturated carbocycles. The predicted octanol–water partition coefficient (Wildman–Crippen LogP) is 4.84. The summed E-state index contributed by atoms with van der Waals surface area (Å²) in [6, 6.07) is 0. The second-order valence-corrected chi connectivity index (χ2v) is 6.52. The lowest BCUT2D eigenvalue weighted by Crippen LogP contribution is -2.56. The number of rotatable bonds is 0. The van der Waals surface area contributed by atoms with Crippen LogP contribution in [-0.4, -0.2) is 19.1 Å². The van der Waals surface area contributed by atoms with Gasteiger partial charge >= 0.3 is 0 Å². The van der Waals surface area contributed by atoms with Gasteiger partial charge in [-0.25, -0.2) is 4.42 Å². The van der Waals surface area contributed by atoms with Gasteiger partial charge < -0.3 is 0 Å². The van der Waals surface area contributed by atoms with Crippen molar-refractivity contribution in [3.63, 3.8) is 0 Å². The maximum absolute atomic E-state index is 6.04. The molecule has 0 aromatic carbocycles. The largest absolute Gasteiger partial charge is 0.250 e.